The molecule has 0 bridgehead atoms. The number of aryl methyl sites for hydroxylation is 1. The molecule has 0 N–H and O–H groups in total. The molecule has 1 aromatic carbocycles. The smallest absolute Gasteiger partial charge is 0.169 e. The van der Waals surface area contributed by atoms with Crippen LogP contribution in [0.15, 0.2) is 24.3 Å². The first-order chi connectivity index (χ1) is 11.1. The van der Waals surface area contributed by atoms with Crippen molar-refractivity contribution < 1.29 is 9.13 Å². The minimum atomic E-state index is -0.270. The summed E-state index contributed by atoms with van der Waals surface area (Å²) < 4.78 is 18.9. The average molecular weight is 312 g/mol. The van der Waals surface area contributed by atoms with Crippen LogP contribution >= 0.6 is 0 Å². The Morgan fingerprint density at radius 1 is 1.26 bits per heavy atom. The maximum absolute atomic E-state index is 13.1. The lowest BCUT2D eigenvalue weighted by Gasteiger charge is -2.34. The van der Waals surface area contributed by atoms with Crippen LogP contribution in [-0.4, -0.2) is 29.9 Å². The molecular weight excluding hydrogens is 295 g/mol. The summed E-state index contributed by atoms with van der Waals surface area (Å²) in [6.45, 7) is 5.43. The van der Waals surface area contributed by atoms with Crippen LogP contribution in [0.2, 0.25) is 0 Å². The lowest BCUT2D eigenvalue weighted by Crippen LogP contribution is -2.39. The quantitative estimate of drug-likeness (QED) is 0.853. The van der Waals surface area contributed by atoms with Crippen molar-refractivity contribution in [2.75, 3.05) is 24.6 Å². The van der Waals surface area contributed by atoms with Gasteiger partial charge in [0.15, 0.2) is 5.82 Å². The Morgan fingerprint density at radius 3 is 2.70 bits per heavy atom. The number of benzene rings is 1. The van der Waals surface area contributed by atoms with Gasteiger partial charge in [0, 0.05) is 13.1 Å². The van der Waals surface area contributed by atoms with E-state index in [-0.39, 0.29) is 11.9 Å². The number of hydrogen-bond donors (Lipinski definition) is 0. The van der Waals surface area contributed by atoms with Crippen LogP contribution in [0.3, 0.4) is 0 Å². The van der Waals surface area contributed by atoms with Crippen molar-refractivity contribution in [3.05, 3.63) is 52.5 Å². The number of rotatable bonds is 2. The highest BCUT2D eigenvalue weighted by atomic mass is 19.1. The molecule has 0 radical (unpaired) electrons. The molecule has 0 amide bonds. The van der Waals surface area contributed by atoms with Crippen LogP contribution < -0.4 is 4.90 Å². The summed E-state index contributed by atoms with van der Waals surface area (Å²) in [7, 11) is 0. The third-order valence-electron chi connectivity index (χ3n) is 4.16. The fourth-order valence-corrected chi connectivity index (χ4v) is 2.67. The summed E-state index contributed by atoms with van der Waals surface area (Å²) in [5.74, 6) is 0.319. The minimum Gasteiger partial charge on any atom is -0.370 e. The molecule has 1 atom stereocenters. The Balaban J connectivity index is 1.89. The standard InChI is InChI=1S/C17H17FN4O/c1-11-12(2)20-21-17(15(11)9-19)22-7-8-23-16(10-22)13-3-5-14(18)6-4-13/h3-6,16H,7-8,10H2,1-2H3/t16-/m1/s1. The van der Waals surface area contributed by atoms with Gasteiger partial charge in [0.1, 0.15) is 23.6 Å². The van der Waals surface area contributed by atoms with Crippen molar-refractivity contribution in [1.29, 1.82) is 5.26 Å². The van der Waals surface area contributed by atoms with E-state index in [1.54, 1.807) is 12.1 Å². The van der Waals surface area contributed by atoms with E-state index in [4.69, 9.17) is 4.74 Å². The van der Waals surface area contributed by atoms with Gasteiger partial charge in [0.2, 0.25) is 0 Å². The number of halogens is 1. The van der Waals surface area contributed by atoms with E-state index in [0.717, 1.165) is 16.8 Å². The Labute approximate surface area is 134 Å². The summed E-state index contributed by atoms with van der Waals surface area (Å²) >= 11 is 0. The maximum atomic E-state index is 13.1. The summed E-state index contributed by atoms with van der Waals surface area (Å²) in [6.07, 6.45) is -0.181. The average Bonchev–Trinajstić information content (AvgIpc) is 2.58. The number of hydrogen-bond acceptors (Lipinski definition) is 5. The molecule has 1 aliphatic heterocycles. The van der Waals surface area contributed by atoms with Gasteiger partial charge in [-0.3, -0.25) is 0 Å². The van der Waals surface area contributed by atoms with Crippen molar-refractivity contribution in [2.24, 2.45) is 0 Å². The van der Waals surface area contributed by atoms with Crippen LogP contribution in [0.25, 0.3) is 0 Å². The van der Waals surface area contributed by atoms with Crippen LogP contribution in [0, 0.1) is 31.0 Å². The molecule has 0 saturated carbocycles. The third-order valence-corrected chi connectivity index (χ3v) is 4.16. The van der Waals surface area contributed by atoms with Gasteiger partial charge >= 0.3 is 0 Å². The molecule has 1 fully saturated rings. The van der Waals surface area contributed by atoms with Crippen molar-refractivity contribution in [3.63, 3.8) is 0 Å². The number of morpholine rings is 1. The summed E-state index contributed by atoms with van der Waals surface area (Å²) in [5.41, 5.74) is 3.07. The second-order valence-electron chi connectivity index (χ2n) is 5.58. The van der Waals surface area contributed by atoms with Crippen LogP contribution in [0.1, 0.15) is 28.5 Å². The van der Waals surface area contributed by atoms with E-state index in [1.807, 2.05) is 18.7 Å². The molecule has 0 spiro atoms. The van der Waals surface area contributed by atoms with E-state index >= 15 is 0 Å². The molecule has 1 saturated heterocycles. The molecule has 1 aromatic heterocycles. The highest BCUT2D eigenvalue weighted by Gasteiger charge is 2.26. The van der Waals surface area contributed by atoms with Crippen molar-refractivity contribution in [1.82, 2.24) is 10.2 Å². The first-order valence-corrected chi connectivity index (χ1v) is 7.46. The molecule has 1 aliphatic rings. The van der Waals surface area contributed by atoms with E-state index in [9.17, 15) is 9.65 Å². The normalized spacial score (nSPS) is 17.8. The molecule has 2 aromatic rings. The molecule has 6 heteroatoms. The molecule has 3 rings (SSSR count). The lowest BCUT2D eigenvalue weighted by atomic mass is 10.1. The maximum Gasteiger partial charge on any atom is 0.169 e. The zero-order valence-corrected chi connectivity index (χ0v) is 13.1. The SMILES string of the molecule is Cc1nnc(N2CCO[C@@H](c3ccc(F)cc3)C2)c(C#N)c1C. The number of anilines is 1. The summed E-state index contributed by atoms with van der Waals surface area (Å²) in [6, 6.07) is 8.53. The van der Waals surface area contributed by atoms with Gasteiger partial charge in [0.05, 0.1) is 12.3 Å². The summed E-state index contributed by atoms with van der Waals surface area (Å²) in [5, 5.41) is 17.8. The first kappa shape index (κ1) is 15.4. The molecule has 23 heavy (non-hydrogen) atoms. The van der Waals surface area contributed by atoms with Crippen molar-refractivity contribution in [3.8, 4) is 6.07 Å². The minimum absolute atomic E-state index is 0.181. The van der Waals surface area contributed by atoms with Crippen molar-refractivity contribution in [2.45, 2.75) is 20.0 Å². The fourth-order valence-electron chi connectivity index (χ4n) is 2.67. The van der Waals surface area contributed by atoms with Gasteiger partial charge in [-0.1, -0.05) is 12.1 Å². The van der Waals surface area contributed by atoms with E-state index in [0.29, 0.717) is 31.1 Å². The van der Waals surface area contributed by atoms with Crippen molar-refractivity contribution >= 4 is 5.82 Å². The predicted molar refractivity (Wildman–Crippen MR) is 83.5 cm³/mol. The zero-order chi connectivity index (χ0) is 16.4. The van der Waals surface area contributed by atoms with Gasteiger partial charge in [-0.05, 0) is 37.1 Å². The van der Waals surface area contributed by atoms with Gasteiger partial charge in [-0.25, -0.2) is 4.39 Å². The number of nitrogens with zero attached hydrogens (tertiary/aromatic N) is 4. The number of nitriles is 1. The molecule has 2 heterocycles. The molecule has 5 nitrogen and oxygen atoms in total. The first-order valence-electron chi connectivity index (χ1n) is 7.46. The lowest BCUT2D eigenvalue weighted by molar-refractivity contribution is 0.0394. The van der Waals surface area contributed by atoms with Crippen LogP contribution in [0.5, 0.6) is 0 Å². The molecule has 118 valence electrons. The molecular formula is C17H17FN4O. The van der Waals surface area contributed by atoms with E-state index in [2.05, 4.69) is 16.3 Å². The third kappa shape index (κ3) is 3.01. The Morgan fingerprint density at radius 2 is 2.00 bits per heavy atom. The van der Waals surface area contributed by atoms with Gasteiger partial charge < -0.3 is 9.64 Å². The Kier molecular flexibility index (Phi) is 4.22. The highest BCUT2D eigenvalue weighted by molar-refractivity contribution is 5.57. The predicted octanol–water partition coefficient (Wildman–Crippen LogP) is 2.68. The number of aromatic nitrogens is 2. The van der Waals surface area contributed by atoms with Crippen LogP contribution in [0.4, 0.5) is 10.2 Å². The highest BCUT2D eigenvalue weighted by Crippen LogP contribution is 2.28. The molecule has 0 unspecified atom stereocenters. The van der Waals surface area contributed by atoms with E-state index < -0.39 is 0 Å². The van der Waals surface area contributed by atoms with Gasteiger partial charge in [-0.2, -0.15) is 10.4 Å². The van der Waals surface area contributed by atoms with E-state index in [1.165, 1.54) is 12.1 Å². The monoisotopic (exact) mass is 312 g/mol. The number of ether oxygens (including phenoxy) is 1. The van der Waals surface area contributed by atoms with Crippen LogP contribution in [-0.2, 0) is 4.74 Å². The van der Waals surface area contributed by atoms with Gasteiger partial charge in [0.25, 0.3) is 0 Å². The summed E-state index contributed by atoms with van der Waals surface area (Å²) in [4.78, 5) is 2.01. The Bertz CT molecular complexity index is 754. The molecule has 0 aliphatic carbocycles. The topological polar surface area (TPSA) is 62.0 Å². The second kappa shape index (κ2) is 6.31. The fraction of sp³-hybridized carbons (Fsp3) is 0.353. The largest absolute Gasteiger partial charge is 0.370 e. The zero-order valence-electron chi connectivity index (χ0n) is 13.1. The Hall–Kier alpha value is -2.52. The van der Waals surface area contributed by atoms with Gasteiger partial charge in [-0.15, -0.1) is 5.10 Å². The second-order valence-corrected chi connectivity index (χ2v) is 5.58.